The summed E-state index contributed by atoms with van der Waals surface area (Å²) in [6, 6.07) is 12.0. The molecule has 0 N–H and O–H groups in total. The normalized spacial score (nSPS) is 11.1. The van der Waals surface area contributed by atoms with Crippen molar-refractivity contribution in [3.63, 3.8) is 0 Å². The van der Waals surface area contributed by atoms with Gasteiger partial charge in [0.05, 0.1) is 0 Å². The summed E-state index contributed by atoms with van der Waals surface area (Å²) in [7, 11) is 0. The van der Waals surface area contributed by atoms with E-state index in [9.17, 15) is 13.6 Å². The van der Waals surface area contributed by atoms with Gasteiger partial charge in [-0.3, -0.25) is 4.79 Å². The molecular formula is C18H11F2N3OS. The number of imidazole rings is 1. The molecule has 4 aromatic rings. The average Bonchev–Trinajstić information content (AvgIpc) is 3.14. The van der Waals surface area contributed by atoms with E-state index < -0.39 is 0 Å². The van der Waals surface area contributed by atoms with Crippen LogP contribution in [0.3, 0.4) is 0 Å². The number of aromatic nitrogens is 3. The molecule has 7 heteroatoms. The van der Waals surface area contributed by atoms with Crippen LogP contribution in [0.4, 0.5) is 8.78 Å². The van der Waals surface area contributed by atoms with Crippen LogP contribution in [-0.4, -0.2) is 20.9 Å². The van der Waals surface area contributed by atoms with Crippen molar-refractivity contribution >= 4 is 22.6 Å². The zero-order valence-electron chi connectivity index (χ0n) is 12.8. The molecule has 25 heavy (non-hydrogen) atoms. The van der Waals surface area contributed by atoms with E-state index in [-0.39, 0.29) is 11.6 Å². The first-order valence-corrected chi connectivity index (χ1v) is 8.29. The Morgan fingerprint density at radius 3 is 2.28 bits per heavy atom. The van der Waals surface area contributed by atoms with Crippen LogP contribution < -0.4 is 0 Å². The SMILES string of the molecule is O=Cc1c(-c2ccc(F)cc2)nc2sc(Cc3ccc(F)cc3)nn12. The van der Waals surface area contributed by atoms with Crippen LogP contribution in [0.25, 0.3) is 16.2 Å². The van der Waals surface area contributed by atoms with E-state index in [2.05, 4.69) is 10.1 Å². The van der Waals surface area contributed by atoms with Gasteiger partial charge in [-0.1, -0.05) is 23.5 Å². The summed E-state index contributed by atoms with van der Waals surface area (Å²) in [5.41, 5.74) is 2.37. The molecule has 124 valence electrons. The number of aldehydes is 1. The Kier molecular flexibility index (Phi) is 3.85. The third-order valence-electron chi connectivity index (χ3n) is 3.78. The fraction of sp³-hybridized carbons (Fsp3) is 0.0556. The molecule has 0 amide bonds. The van der Waals surface area contributed by atoms with E-state index in [4.69, 9.17) is 0 Å². The molecule has 2 aromatic heterocycles. The van der Waals surface area contributed by atoms with Gasteiger partial charge in [0.15, 0.2) is 6.29 Å². The van der Waals surface area contributed by atoms with Crippen LogP contribution in [0.5, 0.6) is 0 Å². The summed E-state index contributed by atoms with van der Waals surface area (Å²) in [5, 5.41) is 5.21. The molecule has 0 saturated carbocycles. The third kappa shape index (κ3) is 2.94. The Labute approximate surface area is 145 Å². The summed E-state index contributed by atoms with van der Waals surface area (Å²) < 4.78 is 27.6. The van der Waals surface area contributed by atoms with Gasteiger partial charge in [-0.2, -0.15) is 9.61 Å². The number of nitrogens with zero attached hydrogens (tertiary/aromatic N) is 3. The fourth-order valence-corrected chi connectivity index (χ4v) is 3.51. The largest absolute Gasteiger partial charge is 0.296 e. The average molecular weight is 355 g/mol. The molecule has 0 radical (unpaired) electrons. The van der Waals surface area contributed by atoms with E-state index in [0.29, 0.717) is 34.6 Å². The molecule has 0 bridgehead atoms. The van der Waals surface area contributed by atoms with Gasteiger partial charge in [-0.15, -0.1) is 0 Å². The zero-order chi connectivity index (χ0) is 17.4. The van der Waals surface area contributed by atoms with Crippen molar-refractivity contribution < 1.29 is 13.6 Å². The lowest BCUT2D eigenvalue weighted by Crippen LogP contribution is -1.96. The first-order valence-electron chi connectivity index (χ1n) is 7.48. The number of hydrogen-bond acceptors (Lipinski definition) is 4. The highest BCUT2D eigenvalue weighted by atomic mass is 32.1. The van der Waals surface area contributed by atoms with Crippen LogP contribution in [0.1, 0.15) is 21.1 Å². The van der Waals surface area contributed by atoms with E-state index in [0.717, 1.165) is 10.6 Å². The lowest BCUT2D eigenvalue weighted by atomic mass is 10.1. The van der Waals surface area contributed by atoms with Crippen molar-refractivity contribution in [1.29, 1.82) is 0 Å². The van der Waals surface area contributed by atoms with Gasteiger partial charge in [0.1, 0.15) is 28.0 Å². The van der Waals surface area contributed by atoms with Crippen LogP contribution >= 0.6 is 11.3 Å². The van der Waals surface area contributed by atoms with E-state index >= 15 is 0 Å². The van der Waals surface area contributed by atoms with Gasteiger partial charge in [0, 0.05) is 12.0 Å². The minimum absolute atomic E-state index is 0.287. The van der Waals surface area contributed by atoms with Crippen LogP contribution in [0.15, 0.2) is 48.5 Å². The van der Waals surface area contributed by atoms with Gasteiger partial charge in [0.2, 0.25) is 4.96 Å². The first kappa shape index (κ1) is 15.6. The second kappa shape index (κ2) is 6.18. The molecule has 0 aliphatic heterocycles. The Balaban J connectivity index is 1.72. The highest BCUT2D eigenvalue weighted by Gasteiger charge is 2.17. The highest BCUT2D eigenvalue weighted by molar-refractivity contribution is 7.16. The first-order chi connectivity index (χ1) is 12.1. The van der Waals surface area contributed by atoms with Crippen molar-refractivity contribution in [2.24, 2.45) is 0 Å². The maximum absolute atomic E-state index is 13.1. The number of carbonyl (C=O) groups is 1. The van der Waals surface area contributed by atoms with Gasteiger partial charge in [-0.25, -0.2) is 13.8 Å². The maximum Gasteiger partial charge on any atom is 0.213 e. The molecule has 0 aliphatic rings. The number of fused-ring (bicyclic) bond motifs is 1. The summed E-state index contributed by atoms with van der Waals surface area (Å²) in [6.07, 6.45) is 1.22. The predicted molar refractivity (Wildman–Crippen MR) is 90.9 cm³/mol. The van der Waals surface area contributed by atoms with E-state index in [1.54, 1.807) is 24.3 Å². The fourth-order valence-electron chi connectivity index (χ4n) is 2.58. The lowest BCUT2D eigenvalue weighted by Gasteiger charge is -1.99. The van der Waals surface area contributed by atoms with E-state index in [1.165, 1.54) is 40.1 Å². The minimum Gasteiger partial charge on any atom is -0.296 e. The summed E-state index contributed by atoms with van der Waals surface area (Å²) in [5.74, 6) is -0.637. The quantitative estimate of drug-likeness (QED) is 0.517. The molecule has 2 aromatic carbocycles. The van der Waals surface area contributed by atoms with Crippen molar-refractivity contribution in [3.05, 3.63) is 76.4 Å². The molecule has 0 saturated heterocycles. The number of benzene rings is 2. The van der Waals surface area contributed by atoms with Crippen molar-refractivity contribution in [3.8, 4) is 11.3 Å². The van der Waals surface area contributed by atoms with Crippen molar-refractivity contribution in [2.75, 3.05) is 0 Å². The summed E-state index contributed by atoms with van der Waals surface area (Å²) >= 11 is 1.36. The molecule has 4 rings (SSSR count). The summed E-state index contributed by atoms with van der Waals surface area (Å²) in [6.45, 7) is 0. The Bertz CT molecular complexity index is 1050. The minimum atomic E-state index is -0.350. The highest BCUT2D eigenvalue weighted by Crippen LogP contribution is 2.27. The molecule has 2 heterocycles. The van der Waals surface area contributed by atoms with Crippen LogP contribution in [-0.2, 0) is 6.42 Å². The van der Waals surface area contributed by atoms with Crippen LogP contribution in [0.2, 0.25) is 0 Å². The zero-order valence-corrected chi connectivity index (χ0v) is 13.6. The van der Waals surface area contributed by atoms with Crippen LogP contribution in [0, 0.1) is 11.6 Å². The smallest absolute Gasteiger partial charge is 0.213 e. The molecule has 4 nitrogen and oxygen atoms in total. The second-order valence-corrected chi connectivity index (χ2v) is 6.50. The predicted octanol–water partition coefficient (Wildman–Crippen LogP) is 4.14. The molecule has 0 aliphatic carbocycles. The lowest BCUT2D eigenvalue weighted by molar-refractivity contribution is 0.111. The van der Waals surface area contributed by atoms with Gasteiger partial charge in [-0.05, 0) is 42.0 Å². The molecule has 0 atom stereocenters. The number of hydrogen-bond donors (Lipinski definition) is 0. The van der Waals surface area contributed by atoms with Gasteiger partial charge in [0.25, 0.3) is 0 Å². The number of carbonyl (C=O) groups excluding carboxylic acids is 1. The van der Waals surface area contributed by atoms with Gasteiger partial charge >= 0.3 is 0 Å². The maximum atomic E-state index is 13.1. The Morgan fingerprint density at radius 2 is 1.64 bits per heavy atom. The topological polar surface area (TPSA) is 47.3 Å². The monoisotopic (exact) mass is 355 g/mol. The van der Waals surface area contributed by atoms with Gasteiger partial charge < -0.3 is 0 Å². The Hall–Kier alpha value is -2.93. The molecule has 0 fully saturated rings. The van der Waals surface area contributed by atoms with Crippen molar-refractivity contribution in [2.45, 2.75) is 6.42 Å². The standard InChI is InChI=1S/C18H11F2N3OS/c19-13-5-1-11(2-6-13)9-16-22-23-15(10-24)17(21-18(23)25-16)12-3-7-14(20)8-4-12/h1-8,10H,9H2. The van der Waals surface area contributed by atoms with Crippen molar-refractivity contribution in [1.82, 2.24) is 14.6 Å². The summed E-state index contributed by atoms with van der Waals surface area (Å²) in [4.78, 5) is 16.6. The number of halogens is 2. The second-order valence-electron chi connectivity index (χ2n) is 5.46. The van der Waals surface area contributed by atoms with E-state index in [1.807, 2.05) is 0 Å². The molecule has 0 spiro atoms. The molecule has 0 unspecified atom stereocenters. The Morgan fingerprint density at radius 1 is 1.00 bits per heavy atom. The third-order valence-corrected chi connectivity index (χ3v) is 4.69. The molecular weight excluding hydrogens is 344 g/mol. The number of rotatable bonds is 4.